The molecule has 0 rings (SSSR count). The van der Waals surface area contributed by atoms with E-state index >= 15 is 0 Å². The van der Waals surface area contributed by atoms with Crippen molar-refractivity contribution in [3.8, 4) is 0 Å². The molecule has 0 fully saturated rings. The summed E-state index contributed by atoms with van der Waals surface area (Å²) in [5.74, 6) is 0. The fraction of sp³-hybridized carbons (Fsp3) is 0. The summed E-state index contributed by atoms with van der Waals surface area (Å²) in [4.78, 5) is 0. The van der Waals surface area contributed by atoms with E-state index in [4.69, 9.17) is 10.3 Å². The van der Waals surface area contributed by atoms with Gasteiger partial charge in [0.05, 0.1) is 0 Å². The van der Waals surface area contributed by atoms with Gasteiger partial charge in [-0.3, -0.25) is 0 Å². The first-order valence-electron chi connectivity index (χ1n) is 0.601. The molecule has 0 amide bonds. The Labute approximate surface area is 66.9 Å². The van der Waals surface area contributed by atoms with Crippen LogP contribution in [0.2, 0.25) is 0 Å². The van der Waals surface area contributed by atoms with E-state index in [0.717, 1.165) is 0 Å². The zero-order valence-corrected chi connectivity index (χ0v) is 9.65. The first-order chi connectivity index (χ1) is 3.00. The Balaban J connectivity index is -0.0000000225. The molecule has 0 spiro atoms. The van der Waals surface area contributed by atoms with Crippen LogP contribution in [-0.2, 0) is 10.3 Å². The molecule has 6 heavy (non-hydrogen) atoms. The average Bonchev–Trinajstić information content (AvgIpc) is 1.81. The van der Waals surface area contributed by atoms with Crippen LogP contribution < -0.4 is 0 Å². The van der Waals surface area contributed by atoms with Crippen molar-refractivity contribution in [2.45, 2.75) is 0 Å². The fourth-order valence-corrected chi connectivity index (χ4v) is 0. The summed E-state index contributed by atoms with van der Waals surface area (Å²) < 4.78 is 24.5. The van der Waals surface area contributed by atoms with Crippen LogP contribution in [0.15, 0.2) is 0 Å². The summed E-state index contributed by atoms with van der Waals surface area (Å²) in [6.07, 6.45) is 0. The van der Waals surface area contributed by atoms with Crippen LogP contribution in [0, 0.1) is 0 Å². The molecule has 0 saturated carbocycles. The van der Waals surface area contributed by atoms with Gasteiger partial charge in [-0.2, -0.15) is 0 Å². The maximum absolute atomic E-state index is 8.36. The van der Waals surface area contributed by atoms with Gasteiger partial charge in [-0.15, -0.1) is 0 Å². The molecular formula is BBi2O3. The van der Waals surface area contributed by atoms with Gasteiger partial charge in [0.25, 0.3) is 0 Å². The van der Waals surface area contributed by atoms with Crippen LogP contribution in [0.5, 0.6) is 0 Å². The molecule has 6 heteroatoms. The molecular weight excluding hydrogens is 477 g/mol. The Morgan fingerprint density at radius 1 is 0.833 bits per heavy atom. The predicted octanol–water partition coefficient (Wildman–Crippen LogP) is -1.50. The first-order valence-corrected chi connectivity index (χ1v) is 3.44. The molecule has 0 atom stereocenters. The van der Waals surface area contributed by atoms with Gasteiger partial charge in [0.1, 0.15) is 0 Å². The van der Waals surface area contributed by atoms with E-state index < -0.39 is 0 Å². The predicted molar refractivity (Wildman–Crippen MR) is 19.3 cm³/mol. The van der Waals surface area contributed by atoms with Crippen molar-refractivity contribution in [2.75, 3.05) is 0 Å². The summed E-state index contributed by atoms with van der Waals surface area (Å²) in [5.41, 5.74) is 0. The van der Waals surface area contributed by atoms with Crippen LogP contribution >= 0.6 is 0 Å². The number of rotatable bonds is 0. The van der Waals surface area contributed by atoms with Gasteiger partial charge < -0.3 is 0 Å². The third kappa shape index (κ3) is 61.8. The minimum absolute atomic E-state index is 0.194. The fourth-order valence-electron chi connectivity index (χ4n) is 0. The van der Waals surface area contributed by atoms with Crippen LogP contribution in [0.25, 0.3) is 0 Å². The Hall–Kier alpha value is 1.23. The SMILES string of the molecule is [B]=O.[O]=[Bi].[O]=[Bi]. The van der Waals surface area contributed by atoms with Crippen molar-refractivity contribution >= 4 is 57.2 Å². The Morgan fingerprint density at radius 3 is 0.833 bits per heavy atom. The van der Waals surface area contributed by atoms with Crippen LogP contribution in [0.3, 0.4) is 0 Å². The molecule has 0 aromatic carbocycles. The average molecular weight is 477 g/mol. The quantitative estimate of drug-likeness (QED) is 0.400. The third-order valence-electron chi connectivity index (χ3n) is 0. The van der Waals surface area contributed by atoms with E-state index in [1.807, 2.05) is 0 Å². The van der Waals surface area contributed by atoms with Crippen LogP contribution in [0.1, 0.15) is 0 Å². The molecule has 0 aliphatic carbocycles. The minimum atomic E-state index is 0.194. The van der Waals surface area contributed by atoms with Gasteiger partial charge in [0.15, 0.2) is 0 Å². The standard InChI is InChI=1S/BO.2Bi.2O/c1-2;;;;. The normalized spacial score (nSPS) is 1.83. The molecule has 3 nitrogen and oxygen atoms in total. The molecule has 31 valence electrons. The summed E-state index contributed by atoms with van der Waals surface area (Å²) in [7, 11) is 3.25. The van der Waals surface area contributed by atoms with Crippen LogP contribution in [-0.4, -0.2) is 57.2 Å². The molecule has 0 aromatic heterocycles. The third-order valence-corrected chi connectivity index (χ3v) is 0. The van der Waals surface area contributed by atoms with E-state index in [1.165, 1.54) is 0 Å². The zero-order chi connectivity index (χ0) is 6.00. The number of hydrogen-bond donors (Lipinski definition) is 0. The molecule has 0 heterocycles. The van der Waals surface area contributed by atoms with Crippen molar-refractivity contribution in [1.82, 2.24) is 0 Å². The Kier molecular flexibility index (Phi) is 294. The van der Waals surface area contributed by atoms with E-state index in [1.54, 1.807) is 0 Å². The van der Waals surface area contributed by atoms with Crippen LogP contribution in [0.4, 0.5) is 0 Å². The molecule has 0 aromatic rings. The molecule has 0 unspecified atom stereocenters. The first kappa shape index (κ1) is 15.7. The van der Waals surface area contributed by atoms with Gasteiger partial charge in [0, 0.05) is 0 Å². The second-order valence-electron chi connectivity index (χ2n) is 0. The second-order valence-corrected chi connectivity index (χ2v) is 0. The van der Waals surface area contributed by atoms with Gasteiger partial charge in [-0.1, -0.05) is 0 Å². The molecule has 0 saturated heterocycles. The van der Waals surface area contributed by atoms with E-state index in [2.05, 4.69) is 7.72 Å². The van der Waals surface area contributed by atoms with Gasteiger partial charge in [-0.25, -0.2) is 0 Å². The topological polar surface area (TPSA) is 51.2 Å². The van der Waals surface area contributed by atoms with Crippen molar-refractivity contribution < 1.29 is 10.3 Å². The van der Waals surface area contributed by atoms with E-state index in [9.17, 15) is 0 Å². The van der Waals surface area contributed by atoms with Gasteiger partial charge in [0.2, 0.25) is 0 Å². The summed E-state index contributed by atoms with van der Waals surface area (Å²) in [6, 6.07) is 0. The Morgan fingerprint density at radius 2 is 0.833 bits per heavy atom. The maximum atomic E-state index is 8.36. The summed E-state index contributed by atoms with van der Waals surface area (Å²) >= 11 is 0.389. The second kappa shape index (κ2) is 112. The van der Waals surface area contributed by atoms with Gasteiger partial charge in [-0.05, 0) is 0 Å². The molecule has 0 aliphatic heterocycles. The molecule has 0 N–H and O–H groups in total. The molecule has 0 bridgehead atoms. The zero-order valence-electron chi connectivity index (χ0n) is 2.70. The molecule has 0 aliphatic rings. The molecule has 3 radical (unpaired) electrons. The summed E-state index contributed by atoms with van der Waals surface area (Å²) in [6.45, 7) is 0. The van der Waals surface area contributed by atoms with Crippen molar-refractivity contribution in [1.29, 1.82) is 0 Å². The monoisotopic (exact) mass is 477 g/mol. The summed E-state index contributed by atoms with van der Waals surface area (Å²) in [5, 5.41) is 0. The Bertz CT molecular complexity index is 13.5. The van der Waals surface area contributed by atoms with E-state index in [-0.39, 0.29) is 49.4 Å². The van der Waals surface area contributed by atoms with Crippen molar-refractivity contribution in [2.24, 2.45) is 0 Å². The van der Waals surface area contributed by atoms with Crippen molar-refractivity contribution in [3.05, 3.63) is 0 Å². The van der Waals surface area contributed by atoms with E-state index in [0.29, 0.717) is 0 Å². The van der Waals surface area contributed by atoms with Gasteiger partial charge >= 0.3 is 67.5 Å². The van der Waals surface area contributed by atoms with Crippen molar-refractivity contribution in [3.63, 3.8) is 0 Å². The number of hydrogen-bond acceptors (Lipinski definition) is 3.